The molecule has 72 valence electrons. The van der Waals surface area contributed by atoms with Crippen LogP contribution in [0.25, 0.3) is 0 Å². The van der Waals surface area contributed by atoms with E-state index in [-0.39, 0.29) is 0 Å². The van der Waals surface area contributed by atoms with Crippen molar-refractivity contribution >= 4 is 0 Å². The van der Waals surface area contributed by atoms with Gasteiger partial charge < -0.3 is 5.73 Å². The second-order valence-corrected chi connectivity index (χ2v) is 3.79. The average Bonchev–Trinajstić information content (AvgIpc) is 2.76. The molecule has 0 bridgehead atoms. The Morgan fingerprint density at radius 2 is 2.23 bits per heavy atom. The highest BCUT2D eigenvalue weighted by Crippen LogP contribution is 2.25. The fraction of sp³-hybridized carbons (Fsp3) is 0.778. The summed E-state index contributed by atoms with van der Waals surface area (Å²) >= 11 is 0. The van der Waals surface area contributed by atoms with Gasteiger partial charge in [0.15, 0.2) is 0 Å². The summed E-state index contributed by atoms with van der Waals surface area (Å²) in [6, 6.07) is 0. The largest absolute Gasteiger partial charge is 0.325 e. The summed E-state index contributed by atoms with van der Waals surface area (Å²) in [6.07, 6.45) is 7.40. The van der Waals surface area contributed by atoms with Crippen LogP contribution < -0.4 is 5.73 Å². The Labute approximate surface area is 78.1 Å². The minimum atomic E-state index is 0.491. The molecule has 1 saturated carbocycles. The van der Waals surface area contributed by atoms with Gasteiger partial charge in [-0.15, -0.1) is 5.10 Å². The molecule has 1 fully saturated rings. The van der Waals surface area contributed by atoms with Gasteiger partial charge in [0.05, 0.1) is 5.69 Å². The lowest BCUT2D eigenvalue weighted by Gasteiger charge is -2.06. The number of hydrogen-bond acceptors (Lipinski definition) is 3. The van der Waals surface area contributed by atoms with Gasteiger partial charge in [-0.25, -0.2) is 0 Å². The number of hydrogen-bond donors (Lipinski definition) is 1. The van der Waals surface area contributed by atoms with Gasteiger partial charge in [0, 0.05) is 19.3 Å². The first-order valence-corrected chi connectivity index (χ1v) is 4.97. The molecule has 1 aliphatic carbocycles. The first kappa shape index (κ1) is 8.69. The van der Waals surface area contributed by atoms with Gasteiger partial charge >= 0.3 is 0 Å². The molecular formula is C9H16N4. The van der Waals surface area contributed by atoms with Gasteiger partial charge in [-0.1, -0.05) is 18.1 Å². The second-order valence-electron chi connectivity index (χ2n) is 3.79. The highest BCUT2D eigenvalue weighted by Gasteiger charge is 2.15. The summed E-state index contributed by atoms with van der Waals surface area (Å²) in [4.78, 5) is 0. The molecule has 1 aromatic heterocycles. The topological polar surface area (TPSA) is 56.7 Å². The molecule has 0 amide bonds. The number of aromatic nitrogens is 3. The Morgan fingerprint density at radius 1 is 1.46 bits per heavy atom. The van der Waals surface area contributed by atoms with Crippen LogP contribution in [0.5, 0.6) is 0 Å². The van der Waals surface area contributed by atoms with E-state index >= 15 is 0 Å². The average molecular weight is 180 g/mol. The maximum Gasteiger partial charge on any atom is 0.0962 e. The molecule has 1 aliphatic rings. The molecule has 2 N–H and O–H groups in total. The number of rotatable bonds is 3. The lowest BCUT2D eigenvalue weighted by molar-refractivity contribution is 0.421. The second kappa shape index (κ2) is 3.87. The van der Waals surface area contributed by atoms with Crippen LogP contribution in [0.1, 0.15) is 31.4 Å². The lowest BCUT2D eigenvalue weighted by Crippen LogP contribution is -2.07. The Kier molecular flexibility index (Phi) is 2.59. The maximum absolute atomic E-state index is 5.46. The first-order chi connectivity index (χ1) is 6.38. The zero-order chi connectivity index (χ0) is 9.10. The molecule has 0 radical (unpaired) electrons. The fourth-order valence-corrected chi connectivity index (χ4v) is 1.98. The van der Waals surface area contributed by atoms with E-state index in [0.29, 0.717) is 6.54 Å². The smallest absolute Gasteiger partial charge is 0.0962 e. The van der Waals surface area contributed by atoms with Crippen LogP contribution in [0.2, 0.25) is 0 Å². The van der Waals surface area contributed by atoms with E-state index in [2.05, 4.69) is 10.3 Å². The highest BCUT2D eigenvalue weighted by molar-refractivity contribution is 4.90. The van der Waals surface area contributed by atoms with Gasteiger partial charge in [-0.05, 0) is 18.8 Å². The van der Waals surface area contributed by atoms with Crippen LogP contribution in [0.4, 0.5) is 0 Å². The molecular weight excluding hydrogens is 164 g/mol. The normalized spacial score (nSPS) is 18.2. The third-order valence-electron chi connectivity index (χ3n) is 2.72. The molecule has 4 nitrogen and oxygen atoms in total. The van der Waals surface area contributed by atoms with E-state index in [9.17, 15) is 0 Å². The number of nitrogens with zero attached hydrogens (tertiary/aromatic N) is 3. The van der Waals surface area contributed by atoms with Crippen molar-refractivity contribution in [3.63, 3.8) is 0 Å². The molecule has 0 unspecified atom stereocenters. The quantitative estimate of drug-likeness (QED) is 0.752. The van der Waals surface area contributed by atoms with Crippen LogP contribution in [-0.4, -0.2) is 15.0 Å². The molecule has 13 heavy (non-hydrogen) atoms. The van der Waals surface area contributed by atoms with Gasteiger partial charge in [0.1, 0.15) is 0 Å². The van der Waals surface area contributed by atoms with E-state index in [1.807, 2.05) is 10.9 Å². The number of nitrogens with two attached hydrogens (primary N) is 1. The summed E-state index contributed by atoms with van der Waals surface area (Å²) in [5.74, 6) is 0.812. The van der Waals surface area contributed by atoms with Gasteiger partial charge in [-0.2, -0.15) is 0 Å². The zero-order valence-corrected chi connectivity index (χ0v) is 7.82. The van der Waals surface area contributed by atoms with Crippen molar-refractivity contribution in [3.05, 3.63) is 11.9 Å². The molecule has 0 aromatic carbocycles. The molecule has 1 heterocycles. The van der Waals surface area contributed by atoms with Crippen molar-refractivity contribution < 1.29 is 0 Å². The van der Waals surface area contributed by atoms with E-state index in [0.717, 1.165) is 18.2 Å². The molecule has 0 aliphatic heterocycles. The summed E-state index contributed by atoms with van der Waals surface area (Å²) < 4.78 is 1.93. The SMILES string of the molecule is NCc1cn(CC2CCCC2)nn1. The molecule has 0 atom stereocenters. The van der Waals surface area contributed by atoms with Crippen LogP contribution in [-0.2, 0) is 13.1 Å². The molecule has 2 rings (SSSR count). The minimum Gasteiger partial charge on any atom is -0.325 e. The molecule has 4 heteroatoms. The first-order valence-electron chi connectivity index (χ1n) is 4.97. The maximum atomic E-state index is 5.46. The molecule has 0 spiro atoms. The Balaban J connectivity index is 1.92. The van der Waals surface area contributed by atoms with E-state index < -0.39 is 0 Å². The predicted molar refractivity (Wildman–Crippen MR) is 49.9 cm³/mol. The standard InChI is InChI=1S/C9H16N4/c10-5-9-7-13(12-11-9)6-8-3-1-2-4-8/h7-8H,1-6,10H2. The monoisotopic (exact) mass is 180 g/mol. The summed E-state index contributed by atoms with van der Waals surface area (Å²) in [5, 5.41) is 8.00. The van der Waals surface area contributed by atoms with Crippen LogP contribution in [0.3, 0.4) is 0 Å². The van der Waals surface area contributed by atoms with Crippen molar-refractivity contribution in [2.24, 2.45) is 11.7 Å². The van der Waals surface area contributed by atoms with Crippen molar-refractivity contribution in [1.29, 1.82) is 0 Å². The van der Waals surface area contributed by atoms with Crippen molar-refractivity contribution in [3.8, 4) is 0 Å². The lowest BCUT2D eigenvalue weighted by atomic mass is 10.1. The Hall–Kier alpha value is -0.900. The van der Waals surface area contributed by atoms with Gasteiger partial charge in [-0.3, -0.25) is 4.68 Å². The van der Waals surface area contributed by atoms with Crippen molar-refractivity contribution in [2.45, 2.75) is 38.8 Å². The minimum absolute atomic E-state index is 0.491. The summed E-state index contributed by atoms with van der Waals surface area (Å²) in [6.45, 7) is 1.51. The highest BCUT2D eigenvalue weighted by atomic mass is 15.4. The van der Waals surface area contributed by atoms with Gasteiger partial charge in [0.2, 0.25) is 0 Å². The Bertz CT molecular complexity index is 262. The Morgan fingerprint density at radius 3 is 2.85 bits per heavy atom. The molecule has 1 aromatic rings. The summed E-state index contributed by atoms with van der Waals surface area (Å²) in [7, 11) is 0. The van der Waals surface area contributed by atoms with E-state index in [1.54, 1.807) is 0 Å². The van der Waals surface area contributed by atoms with Crippen molar-refractivity contribution in [2.75, 3.05) is 0 Å². The van der Waals surface area contributed by atoms with Gasteiger partial charge in [0.25, 0.3) is 0 Å². The van der Waals surface area contributed by atoms with Crippen LogP contribution in [0.15, 0.2) is 6.20 Å². The van der Waals surface area contributed by atoms with Crippen LogP contribution >= 0.6 is 0 Å². The summed E-state index contributed by atoms with van der Waals surface area (Å²) in [5.41, 5.74) is 6.34. The third kappa shape index (κ3) is 2.06. The fourth-order valence-electron chi connectivity index (χ4n) is 1.98. The van der Waals surface area contributed by atoms with Crippen LogP contribution in [0, 0.1) is 5.92 Å². The van der Waals surface area contributed by atoms with E-state index in [4.69, 9.17) is 5.73 Å². The zero-order valence-electron chi connectivity index (χ0n) is 7.82. The molecule has 0 saturated heterocycles. The third-order valence-corrected chi connectivity index (χ3v) is 2.72. The predicted octanol–water partition coefficient (Wildman–Crippen LogP) is 0.927. The van der Waals surface area contributed by atoms with E-state index in [1.165, 1.54) is 25.7 Å². The van der Waals surface area contributed by atoms with Crippen molar-refractivity contribution in [1.82, 2.24) is 15.0 Å².